The molecule has 9 heteroatoms. The van der Waals surface area contributed by atoms with Crippen molar-refractivity contribution < 1.29 is 27.8 Å². The van der Waals surface area contributed by atoms with E-state index in [-0.39, 0.29) is 22.3 Å². The minimum atomic E-state index is -4.12. The minimum Gasteiger partial charge on any atom is -0.492 e. The topological polar surface area (TPSA) is 102 Å². The number of hydrogen-bond donors (Lipinski definition) is 2. The molecule has 7 nitrogen and oxygen atoms in total. The van der Waals surface area contributed by atoms with Gasteiger partial charge in [-0.25, -0.2) is 8.42 Å². The van der Waals surface area contributed by atoms with Gasteiger partial charge in [-0.3, -0.25) is 4.79 Å². The Morgan fingerprint density at radius 2 is 2.00 bits per heavy atom. The number of carbonyl (C=O) groups is 1. The second-order valence-electron chi connectivity index (χ2n) is 5.47. The van der Waals surface area contributed by atoms with Crippen molar-refractivity contribution in [1.29, 1.82) is 0 Å². The van der Waals surface area contributed by atoms with E-state index in [1.807, 2.05) is 0 Å². The summed E-state index contributed by atoms with van der Waals surface area (Å²) in [5.41, 5.74) is 0. The van der Waals surface area contributed by atoms with Crippen molar-refractivity contribution in [1.82, 2.24) is 4.72 Å². The fourth-order valence-corrected chi connectivity index (χ4v) is 3.64. The predicted molar refractivity (Wildman–Crippen MR) is 90.0 cm³/mol. The van der Waals surface area contributed by atoms with E-state index in [1.165, 1.54) is 18.2 Å². The molecule has 1 aromatic rings. The Bertz CT molecular complexity index is 662. The highest BCUT2D eigenvalue weighted by Crippen LogP contribution is 2.28. The number of carboxylic acid groups (broad SMARTS) is 1. The van der Waals surface area contributed by atoms with Gasteiger partial charge in [0.25, 0.3) is 0 Å². The lowest BCUT2D eigenvalue weighted by Crippen LogP contribution is -2.44. The molecule has 0 aliphatic carbocycles. The summed E-state index contributed by atoms with van der Waals surface area (Å²) in [6.45, 7) is 3.95. The van der Waals surface area contributed by atoms with Crippen LogP contribution < -0.4 is 9.46 Å². The summed E-state index contributed by atoms with van der Waals surface area (Å²) in [5, 5.41) is 9.38. The van der Waals surface area contributed by atoms with Gasteiger partial charge in [0.1, 0.15) is 16.7 Å². The van der Waals surface area contributed by atoms with Crippen molar-refractivity contribution in [3.05, 3.63) is 23.2 Å². The Hall–Kier alpha value is -1.35. The van der Waals surface area contributed by atoms with Crippen LogP contribution in [-0.2, 0) is 19.6 Å². The number of aliphatic carboxylic acids is 1. The average Bonchev–Trinajstić information content (AvgIpc) is 2.50. The zero-order chi connectivity index (χ0) is 18.3. The third kappa shape index (κ3) is 5.94. The lowest BCUT2D eigenvalue weighted by Gasteiger charge is -2.19. The molecule has 0 saturated carbocycles. The first-order valence-electron chi connectivity index (χ1n) is 7.35. The highest BCUT2D eigenvalue weighted by molar-refractivity contribution is 7.89. The highest BCUT2D eigenvalue weighted by Gasteiger charge is 2.30. The van der Waals surface area contributed by atoms with Gasteiger partial charge < -0.3 is 14.6 Å². The van der Waals surface area contributed by atoms with Crippen LogP contribution in [0.3, 0.4) is 0 Å². The fourth-order valence-electron chi connectivity index (χ4n) is 1.90. The van der Waals surface area contributed by atoms with Crippen molar-refractivity contribution in [3.8, 4) is 5.75 Å². The molecule has 0 radical (unpaired) electrons. The first-order chi connectivity index (χ1) is 11.2. The van der Waals surface area contributed by atoms with Crippen LogP contribution in [0.15, 0.2) is 23.1 Å². The number of ether oxygens (including phenoxy) is 2. The van der Waals surface area contributed by atoms with Crippen LogP contribution in [0.4, 0.5) is 0 Å². The molecule has 24 heavy (non-hydrogen) atoms. The first-order valence-corrected chi connectivity index (χ1v) is 9.21. The van der Waals surface area contributed by atoms with Crippen LogP contribution in [-0.4, -0.2) is 45.9 Å². The van der Waals surface area contributed by atoms with Gasteiger partial charge in [0.15, 0.2) is 0 Å². The lowest BCUT2D eigenvalue weighted by molar-refractivity contribution is -0.140. The van der Waals surface area contributed by atoms with Crippen molar-refractivity contribution in [2.75, 3.05) is 20.3 Å². The summed E-state index contributed by atoms with van der Waals surface area (Å²) >= 11 is 5.88. The van der Waals surface area contributed by atoms with Crippen LogP contribution in [0.2, 0.25) is 5.02 Å². The number of nitrogens with one attached hydrogen (secondary N) is 1. The van der Waals surface area contributed by atoms with Crippen molar-refractivity contribution in [2.24, 2.45) is 5.92 Å². The molecule has 0 fully saturated rings. The van der Waals surface area contributed by atoms with E-state index in [2.05, 4.69) is 4.72 Å². The number of benzene rings is 1. The van der Waals surface area contributed by atoms with Gasteiger partial charge in [-0.15, -0.1) is 0 Å². The molecular formula is C15H22ClNO6S. The van der Waals surface area contributed by atoms with E-state index < -0.39 is 28.0 Å². The molecule has 1 atom stereocenters. The second kappa shape index (κ2) is 9.22. The standard InChI is InChI=1S/C15H22ClNO6S/c1-10(2)14(15(18)19)17-24(20,21)13-9-11(16)5-6-12(13)23-8-4-7-22-3/h5-6,9-10,14,17H,4,7-8H2,1-3H3,(H,18,19)/t14-/m0/s1. The van der Waals surface area contributed by atoms with E-state index in [9.17, 15) is 18.3 Å². The molecule has 0 aromatic heterocycles. The predicted octanol–water partition coefficient (Wildman–Crippen LogP) is 2.14. The largest absolute Gasteiger partial charge is 0.492 e. The molecule has 0 saturated heterocycles. The summed E-state index contributed by atoms with van der Waals surface area (Å²) in [6.07, 6.45) is 0.579. The van der Waals surface area contributed by atoms with Gasteiger partial charge in [-0.1, -0.05) is 25.4 Å². The zero-order valence-corrected chi connectivity index (χ0v) is 15.4. The van der Waals surface area contributed by atoms with Crippen molar-refractivity contribution in [3.63, 3.8) is 0 Å². The number of hydrogen-bond acceptors (Lipinski definition) is 5. The Kier molecular flexibility index (Phi) is 7.95. The molecule has 0 aliphatic rings. The molecular weight excluding hydrogens is 358 g/mol. The number of carboxylic acids is 1. The zero-order valence-electron chi connectivity index (χ0n) is 13.8. The molecule has 0 spiro atoms. The van der Waals surface area contributed by atoms with E-state index in [1.54, 1.807) is 21.0 Å². The first kappa shape index (κ1) is 20.7. The maximum atomic E-state index is 12.6. The van der Waals surface area contributed by atoms with Gasteiger partial charge in [0.2, 0.25) is 10.0 Å². The summed E-state index contributed by atoms with van der Waals surface area (Å²) in [4.78, 5) is 11.1. The van der Waals surface area contributed by atoms with Crippen molar-refractivity contribution in [2.45, 2.75) is 31.2 Å². The van der Waals surface area contributed by atoms with Gasteiger partial charge in [-0.05, 0) is 24.1 Å². The van der Waals surface area contributed by atoms with Crippen LogP contribution in [0.25, 0.3) is 0 Å². The molecule has 1 rings (SSSR count). The number of halogens is 1. The summed E-state index contributed by atoms with van der Waals surface area (Å²) < 4.78 is 37.7. The van der Waals surface area contributed by atoms with Gasteiger partial charge in [0, 0.05) is 25.2 Å². The third-order valence-electron chi connectivity index (χ3n) is 3.16. The smallest absolute Gasteiger partial charge is 0.322 e. The molecule has 1 aromatic carbocycles. The molecule has 0 heterocycles. The van der Waals surface area contributed by atoms with E-state index >= 15 is 0 Å². The van der Waals surface area contributed by atoms with Gasteiger partial charge in [0.05, 0.1) is 6.61 Å². The van der Waals surface area contributed by atoms with Gasteiger partial charge >= 0.3 is 5.97 Å². The fraction of sp³-hybridized carbons (Fsp3) is 0.533. The molecule has 0 bridgehead atoms. The Morgan fingerprint density at radius 3 is 2.54 bits per heavy atom. The van der Waals surface area contributed by atoms with E-state index in [4.69, 9.17) is 21.1 Å². The monoisotopic (exact) mass is 379 g/mol. The molecule has 0 amide bonds. The van der Waals surface area contributed by atoms with E-state index in [0.717, 1.165) is 0 Å². The lowest BCUT2D eigenvalue weighted by atomic mass is 10.1. The number of methoxy groups -OCH3 is 1. The Labute approximate surface area is 147 Å². The SMILES string of the molecule is COCCCOc1ccc(Cl)cc1S(=O)(=O)N[C@H](C(=O)O)C(C)C. The molecule has 136 valence electrons. The summed E-state index contributed by atoms with van der Waals surface area (Å²) in [5.74, 6) is -1.57. The van der Waals surface area contributed by atoms with Crippen LogP contribution in [0.1, 0.15) is 20.3 Å². The van der Waals surface area contributed by atoms with Crippen LogP contribution in [0, 0.1) is 5.92 Å². The molecule has 2 N–H and O–H groups in total. The van der Waals surface area contributed by atoms with Gasteiger partial charge in [-0.2, -0.15) is 4.72 Å². The maximum absolute atomic E-state index is 12.6. The summed E-state index contributed by atoms with van der Waals surface area (Å²) in [6, 6.07) is 2.92. The highest BCUT2D eigenvalue weighted by atomic mass is 35.5. The van der Waals surface area contributed by atoms with Crippen LogP contribution >= 0.6 is 11.6 Å². The van der Waals surface area contributed by atoms with Crippen LogP contribution in [0.5, 0.6) is 5.75 Å². The normalized spacial score (nSPS) is 13.0. The Balaban J connectivity index is 3.08. The molecule has 0 aliphatic heterocycles. The quantitative estimate of drug-likeness (QED) is 0.604. The average molecular weight is 380 g/mol. The minimum absolute atomic E-state index is 0.107. The summed E-state index contributed by atoms with van der Waals surface area (Å²) in [7, 11) is -2.56. The maximum Gasteiger partial charge on any atom is 0.322 e. The number of rotatable bonds is 10. The second-order valence-corrected chi connectivity index (χ2v) is 7.59. The third-order valence-corrected chi connectivity index (χ3v) is 4.86. The van der Waals surface area contributed by atoms with Crippen molar-refractivity contribution >= 4 is 27.6 Å². The molecule has 0 unspecified atom stereocenters. The Morgan fingerprint density at radius 1 is 1.33 bits per heavy atom. The van der Waals surface area contributed by atoms with E-state index in [0.29, 0.717) is 13.0 Å². The number of sulfonamides is 1.